The van der Waals surface area contributed by atoms with Gasteiger partial charge in [0.1, 0.15) is 5.75 Å². The van der Waals surface area contributed by atoms with Crippen LogP contribution >= 0.6 is 0 Å². The minimum absolute atomic E-state index is 0.444. The van der Waals surface area contributed by atoms with E-state index in [4.69, 9.17) is 4.74 Å². The Labute approximate surface area is 144 Å². The van der Waals surface area contributed by atoms with Crippen molar-refractivity contribution >= 4 is 0 Å². The van der Waals surface area contributed by atoms with Gasteiger partial charge in [-0.3, -0.25) is 14.9 Å². The van der Waals surface area contributed by atoms with E-state index in [9.17, 15) is 0 Å². The molecular formula is C19H26N4O. The maximum absolute atomic E-state index is 5.29. The van der Waals surface area contributed by atoms with Gasteiger partial charge in [-0.25, -0.2) is 0 Å². The third-order valence-electron chi connectivity index (χ3n) is 4.80. The average molecular weight is 326 g/mol. The van der Waals surface area contributed by atoms with Crippen LogP contribution in [0.1, 0.15) is 23.7 Å². The zero-order valence-corrected chi connectivity index (χ0v) is 14.7. The Hall–Kier alpha value is -1.98. The zero-order chi connectivity index (χ0) is 16.9. The van der Waals surface area contributed by atoms with Crippen molar-refractivity contribution in [1.29, 1.82) is 0 Å². The summed E-state index contributed by atoms with van der Waals surface area (Å²) in [4.78, 5) is 13.6. The second kappa shape index (κ2) is 7.73. The Morgan fingerprint density at radius 2 is 2.21 bits per heavy atom. The molecule has 0 spiro atoms. The highest BCUT2D eigenvalue weighted by molar-refractivity contribution is 5.22. The molecule has 128 valence electrons. The molecule has 2 aromatic heterocycles. The summed E-state index contributed by atoms with van der Waals surface area (Å²) in [5, 5.41) is 0. The van der Waals surface area contributed by atoms with Crippen molar-refractivity contribution < 1.29 is 4.74 Å². The summed E-state index contributed by atoms with van der Waals surface area (Å²) in [6, 6.07) is 8.56. The maximum atomic E-state index is 5.29. The van der Waals surface area contributed by atoms with Gasteiger partial charge in [-0.2, -0.15) is 0 Å². The Bertz CT molecular complexity index is 649. The van der Waals surface area contributed by atoms with Gasteiger partial charge < -0.3 is 9.64 Å². The van der Waals surface area contributed by atoms with Crippen LogP contribution in [-0.2, 0) is 6.54 Å². The monoisotopic (exact) mass is 326 g/mol. The van der Waals surface area contributed by atoms with Crippen molar-refractivity contribution in [1.82, 2.24) is 19.8 Å². The lowest BCUT2D eigenvalue weighted by molar-refractivity contribution is 0.212. The Morgan fingerprint density at radius 3 is 2.96 bits per heavy atom. The second-order valence-corrected chi connectivity index (χ2v) is 6.64. The zero-order valence-electron chi connectivity index (χ0n) is 14.7. The summed E-state index contributed by atoms with van der Waals surface area (Å²) in [6.07, 6.45) is 6.87. The fraction of sp³-hybridized carbons (Fsp3) is 0.474. The molecule has 24 heavy (non-hydrogen) atoms. The first-order chi connectivity index (χ1) is 11.7. The lowest BCUT2D eigenvalue weighted by Crippen LogP contribution is -2.30. The number of rotatable bonds is 6. The molecule has 2 aromatic rings. The average Bonchev–Trinajstić information content (AvgIpc) is 2.96. The molecule has 1 saturated heterocycles. The van der Waals surface area contributed by atoms with E-state index in [2.05, 4.69) is 39.9 Å². The molecule has 0 aliphatic carbocycles. The van der Waals surface area contributed by atoms with E-state index >= 15 is 0 Å². The molecule has 0 aromatic carbocycles. The normalized spacial score (nSPS) is 21.3. The molecule has 0 unspecified atom stereocenters. The van der Waals surface area contributed by atoms with Crippen LogP contribution in [0.2, 0.25) is 0 Å². The van der Waals surface area contributed by atoms with Gasteiger partial charge in [0.15, 0.2) is 0 Å². The number of hydrogen-bond donors (Lipinski definition) is 0. The van der Waals surface area contributed by atoms with E-state index in [1.807, 2.05) is 36.8 Å². The molecule has 0 bridgehead atoms. The highest BCUT2D eigenvalue weighted by Crippen LogP contribution is 2.36. The molecule has 1 aliphatic heterocycles. The Morgan fingerprint density at radius 1 is 1.33 bits per heavy atom. The van der Waals surface area contributed by atoms with Crippen molar-refractivity contribution in [3.63, 3.8) is 0 Å². The molecule has 5 nitrogen and oxygen atoms in total. The summed E-state index contributed by atoms with van der Waals surface area (Å²) >= 11 is 0. The minimum Gasteiger partial charge on any atom is -0.497 e. The molecule has 3 rings (SSSR count). The first kappa shape index (κ1) is 16.9. The molecule has 0 amide bonds. The summed E-state index contributed by atoms with van der Waals surface area (Å²) in [7, 11) is 6.07. The molecular weight excluding hydrogens is 300 g/mol. The topological polar surface area (TPSA) is 41.5 Å². The van der Waals surface area contributed by atoms with Gasteiger partial charge >= 0.3 is 0 Å². The van der Waals surface area contributed by atoms with Crippen LogP contribution < -0.4 is 4.74 Å². The van der Waals surface area contributed by atoms with Gasteiger partial charge in [0, 0.05) is 43.8 Å². The van der Waals surface area contributed by atoms with E-state index < -0.39 is 0 Å². The standard InChI is InChI=1S/C19H26N4O/c1-22(14-17-11-18(24-3)6-9-21-17)13-16-7-10-23(2)19(16)15-5-4-8-20-12-15/h4-6,8-9,11-12,16,19H,7,10,13-14H2,1-3H3/t16-,19-/m0/s1. The third-order valence-corrected chi connectivity index (χ3v) is 4.80. The van der Waals surface area contributed by atoms with E-state index in [0.717, 1.165) is 31.1 Å². The fourth-order valence-corrected chi connectivity index (χ4v) is 3.71. The number of likely N-dealkylation sites (tertiary alicyclic amines) is 1. The lowest BCUT2D eigenvalue weighted by atomic mass is 9.94. The van der Waals surface area contributed by atoms with Crippen LogP contribution in [0.4, 0.5) is 0 Å². The summed E-state index contributed by atoms with van der Waals surface area (Å²) in [5.41, 5.74) is 2.36. The van der Waals surface area contributed by atoms with Crippen molar-refractivity contribution in [2.24, 2.45) is 5.92 Å². The summed E-state index contributed by atoms with van der Waals surface area (Å²) in [5.74, 6) is 1.47. The van der Waals surface area contributed by atoms with Crippen LogP contribution in [0.5, 0.6) is 5.75 Å². The predicted octanol–water partition coefficient (Wildman–Crippen LogP) is 2.61. The molecule has 1 aliphatic rings. The number of aromatic nitrogens is 2. The van der Waals surface area contributed by atoms with Crippen LogP contribution in [0.15, 0.2) is 42.9 Å². The second-order valence-electron chi connectivity index (χ2n) is 6.64. The quantitative estimate of drug-likeness (QED) is 0.816. The number of hydrogen-bond acceptors (Lipinski definition) is 5. The van der Waals surface area contributed by atoms with Gasteiger partial charge in [-0.05, 0) is 50.7 Å². The highest BCUT2D eigenvalue weighted by Gasteiger charge is 2.33. The van der Waals surface area contributed by atoms with Crippen LogP contribution in [0.3, 0.4) is 0 Å². The van der Waals surface area contributed by atoms with Crippen molar-refractivity contribution in [3.05, 3.63) is 54.1 Å². The number of pyridine rings is 2. The molecule has 0 N–H and O–H groups in total. The molecule has 0 saturated carbocycles. The van der Waals surface area contributed by atoms with Crippen LogP contribution in [-0.4, -0.2) is 54.1 Å². The smallest absolute Gasteiger partial charge is 0.122 e. The van der Waals surface area contributed by atoms with Gasteiger partial charge in [0.25, 0.3) is 0 Å². The van der Waals surface area contributed by atoms with Crippen LogP contribution in [0, 0.1) is 5.92 Å². The van der Waals surface area contributed by atoms with Crippen molar-refractivity contribution in [3.8, 4) is 5.75 Å². The van der Waals surface area contributed by atoms with Crippen molar-refractivity contribution in [2.45, 2.75) is 19.0 Å². The number of nitrogens with zero attached hydrogens (tertiary/aromatic N) is 4. The molecule has 1 fully saturated rings. The first-order valence-corrected chi connectivity index (χ1v) is 8.45. The molecule has 3 heterocycles. The van der Waals surface area contributed by atoms with E-state index in [1.165, 1.54) is 12.0 Å². The fourth-order valence-electron chi connectivity index (χ4n) is 3.71. The molecule has 5 heteroatoms. The SMILES string of the molecule is COc1ccnc(CN(C)C[C@@H]2CCN(C)[C@H]2c2cccnc2)c1. The van der Waals surface area contributed by atoms with Crippen molar-refractivity contribution in [2.75, 3.05) is 34.3 Å². The first-order valence-electron chi connectivity index (χ1n) is 8.45. The van der Waals surface area contributed by atoms with Gasteiger partial charge in [-0.15, -0.1) is 0 Å². The molecule has 2 atom stereocenters. The van der Waals surface area contributed by atoms with E-state index in [-0.39, 0.29) is 0 Å². The summed E-state index contributed by atoms with van der Waals surface area (Å²) in [6.45, 7) is 3.01. The van der Waals surface area contributed by atoms with E-state index in [1.54, 1.807) is 7.11 Å². The largest absolute Gasteiger partial charge is 0.497 e. The number of ether oxygens (including phenoxy) is 1. The van der Waals surface area contributed by atoms with Gasteiger partial charge in [0.2, 0.25) is 0 Å². The van der Waals surface area contributed by atoms with Crippen LogP contribution in [0.25, 0.3) is 0 Å². The third kappa shape index (κ3) is 3.91. The Kier molecular flexibility index (Phi) is 5.43. The van der Waals surface area contributed by atoms with Gasteiger partial charge in [0.05, 0.1) is 12.8 Å². The van der Waals surface area contributed by atoms with E-state index in [0.29, 0.717) is 12.0 Å². The minimum atomic E-state index is 0.444. The lowest BCUT2D eigenvalue weighted by Gasteiger charge is -2.28. The predicted molar refractivity (Wildman–Crippen MR) is 94.8 cm³/mol. The maximum Gasteiger partial charge on any atom is 0.122 e. The number of methoxy groups -OCH3 is 1. The summed E-state index contributed by atoms with van der Waals surface area (Å²) < 4.78 is 5.29. The molecule has 0 radical (unpaired) electrons. The highest BCUT2D eigenvalue weighted by atomic mass is 16.5. The van der Waals surface area contributed by atoms with Gasteiger partial charge in [-0.1, -0.05) is 6.07 Å². The Balaban J connectivity index is 1.65.